The normalized spacial score (nSPS) is 10.9. The number of nitrogens with zero attached hydrogens (tertiary/aromatic N) is 4. The van der Waals surface area contributed by atoms with Crippen molar-refractivity contribution in [1.29, 1.82) is 0 Å². The van der Waals surface area contributed by atoms with Gasteiger partial charge < -0.3 is 5.32 Å². The van der Waals surface area contributed by atoms with Gasteiger partial charge in [0.05, 0.1) is 16.4 Å². The van der Waals surface area contributed by atoms with E-state index in [9.17, 15) is 4.79 Å². The van der Waals surface area contributed by atoms with Crippen molar-refractivity contribution >= 4 is 40.9 Å². The second kappa shape index (κ2) is 7.25. The van der Waals surface area contributed by atoms with Crippen LogP contribution in [0.5, 0.6) is 0 Å². The molecule has 1 heterocycles. The van der Waals surface area contributed by atoms with Crippen LogP contribution < -0.4 is 5.32 Å². The van der Waals surface area contributed by atoms with E-state index < -0.39 is 0 Å². The van der Waals surface area contributed by atoms with E-state index in [0.29, 0.717) is 21.4 Å². The van der Waals surface area contributed by atoms with Gasteiger partial charge in [-0.2, -0.15) is 0 Å². The molecule has 0 fully saturated rings. The van der Waals surface area contributed by atoms with Crippen LogP contribution in [0.2, 0.25) is 10.0 Å². The summed E-state index contributed by atoms with van der Waals surface area (Å²) in [7, 11) is 0. The SMILES string of the molecule is O=C(C=Cc1ccccc1Cl)Nc1cc(-n2cnnn2)ccc1Cl. The Kier molecular flexibility index (Phi) is 4.88. The molecular formula is C16H11Cl2N5O. The molecule has 0 spiro atoms. The van der Waals surface area contributed by atoms with Crippen LogP contribution in [0.4, 0.5) is 5.69 Å². The summed E-state index contributed by atoms with van der Waals surface area (Å²) < 4.78 is 1.46. The number of halogens is 2. The minimum Gasteiger partial charge on any atom is -0.321 e. The van der Waals surface area contributed by atoms with E-state index in [1.807, 2.05) is 18.2 Å². The van der Waals surface area contributed by atoms with Gasteiger partial charge in [0.15, 0.2) is 0 Å². The number of nitrogens with one attached hydrogen (secondary N) is 1. The Morgan fingerprint density at radius 3 is 2.71 bits per heavy atom. The molecule has 3 rings (SSSR count). The zero-order chi connectivity index (χ0) is 16.9. The highest BCUT2D eigenvalue weighted by Crippen LogP contribution is 2.24. The van der Waals surface area contributed by atoms with Gasteiger partial charge in [-0.15, -0.1) is 5.10 Å². The van der Waals surface area contributed by atoms with Gasteiger partial charge >= 0.3 is 0 Å². The molecule has 3 aromatic rings. The molecule has 1 N–H and O–H groups in total. The average Bonchev–Trinajstić information content (AvgIpc) is 3.11. The molecule has 0 atom stereocenters. The summed E-state index contributed by atoms with van der Waals surface area (Å²) >= 11 is 12.2. The topological polar surface area (TPSA) is 72.7 Å². The van der Waals surface area contributed by atoms with E-state index >= 15 is 0 Å². The van der Waals surface area contributed by atoms with Crippen molar-refractivity contribution < 1.29 is 4.79 Å². The molecule has 0 aliphatic carbocycles. The third-order valence-electron chi connectivity index (χ3n) is 3.14. The number of amides is 1. The molecule has 1 amide bonds. The highest BCUT2D eigenvalue weighted by molar-refractivity contribution is 6.34. The second-order valence-electron chi connectivity index (χ2n) is 4.76. The number of tetrazole rings is 1. The number of hydrogen-bond donors (Lipinski definition) is 1. The Balaban J connectivity index is 1.77. The van der Waals surface area contributed by atoms with Crippen molar-refractivity contribution in [2.24, 2.45) is 0 Å². The van der Waals surface area contributed by atoms with Gasteiger partial charge in [-0.25, -0.2) is 4.68 Å². The number of aromatic nitrogens is 4. The highest BCUT2D eigenvalue weighted by Gasteiger charge is 2.07. The van der Waals surface area contributed by atoms with Crippen molar-refractivity contribution in [2.45, 2.75) is 0 Å². The molecule has 0 saturated heterocycles. The van der Waals surface area contributed by atoms with E-state index in [0.717, 1.165) is 5.56 Å². The maximum absolute atomic E-state index is 12.1. The first kappa shape index (κ1) is 16.2. The first-order valence-electron chi connectivity index (χ1n) is 6.90. The predicted molar refractivity (Wildman–Crippen MR) is 93.3 cm³/mol. The molecule has 120 valence electrons. The van der Waals surface area contributed by atoms with Crippen LogP contribution in [0.25, 0.3) is 11.8 Å². The fraction of sp³-hybridized carbons (Fsp3) is 0. The van der Waals surface area contributed by atoms with Crippen molar-refractivity contribution in [1.82, 2.24) is 20.2 Å². The number of anilines is 1. The lowest BCUT2D eigenvalue weighted by Crippen LogP contribution is -2.09. The lowest BCUT2D eigenvalue weighted by molar-refractivity contribution is -0.111. The van der Waals surface area contributed by atoms with Crippen LogP contribution in [0.3, 0.4) is 0 Å². The molecule has 2 aromatic carbocycles. The lowest BCUT2D eigenvalue weighted by atomic mass is 10.2. The molecule has 0 saturated carbocycles. The van der Waals surface area contributed by atoms with Gasteiger partial charge in [0.2, 0.25) is 5.91 Å². The maximum Gasteiger partial charge on any atom is 0.248 e. The number of carbonyl (C=O) groups excluding carboxylic acids is 1. The van der Waals surface area contributed by atoms with Crippen molar-refractivity contribution in [2.75, 3.05) is 5.32 Å². The summed E-state index contributed by atoms with van der Waals surface area (Å²) in [5.74, 6) is -0.328. The van der Waals surface area contributed by atoms with Gasteiger partial charge in [-0.05, 0) is 46.3 Å². The van der Waals surface area contributed by atoms with E-state index in [-0.39, 0.29) is 5.91 Å². The van der Waals surface area contributed by atoms with Gasteiger partial charge in [0, 0.05) is 11.1 Å². The second-order valence-corrected chi connectivity index (χ2v) is 5.58. The Bertz CT molecular complexity index is 893. The minimum atomic E-state index is -0.328. The van der Waals surface area contributed by atoms with Crippen molar-refractivity contribution in [3.63, 3.8) is 0 Å². The molecule has 0 aliphatic rings. The Morgan fingerprint density at radius 2 is 1.96 bits per heavy atom. The lowest BCUT2D eigenvalue weighted by Gasteiger charge is -2.07. The Hall–Kier alpha value is -2.70. The van der Waals surface area contributed by atoms with E-state index in [1.165, 1.54) is 17.1 Å². The highest BCUT2D eigenvalue weighted by atomic mass is 35.5. The number of rotatable bonds is 4. The maximum atomic E-state index is 12.1. The summed E-state index contributed by atoms with van der Waals surface area (Å²) in [6.07, 6.45) is 4.48. The van der Waals surface area contributed by atoms with Crippen molar-refractivity contribution in [3.05, 3.63) is 70.5 Å². The first-order valence-corrected chi connectivity index (χ1v) is 7.65. The predicted octanol–water partition coefficient (Wildman–Crippen LogP) is 3.62. The number of benzene rings is 2. The Labute approximate surface area is 147 Å². The quantitative estimate of drug-likeness (QED) is 0.722. The number of carbonyl (C=O) groups is 1. The first-order chi connectivity index (χ1) is 11.6. The van der Waals surface area contributed by atoms with Crippen LogP contribution in [0.15, 0.2) is 54.9 Å². The van der Waals surface area contributed by atoms with E-state index in [1.54, 1.807) is 30.3 Å². The smallest absolute Gasteiger partial charge is 0.248 e. The third-order valence-corrected chi connectivity index (χ3v) is 3.81. The molecule has 0 unspecified atom stereocenters. The summed E-state index contributed by atoms with van der Waals surface area (Å²) in [5.41, 5.74) is 1.89. The molecular weight excluding hydrogens is 349 g/mol. The van der Waals surface area contributed by atoms with Crippen LogP contribution in [-0.2, 0) is 4.79 Å². The van der Waals surface area contributed by atoms with Crippen LogP contribution in [-0.4, -0.2) is 26.1 Å². The zero-order valence-electron chi connectivity index (χ0n) is 12.2. The van der Waals surface area contributed by atoms with Crippen molar-refractivity contribution in [3.8, 4) is 5.69 Å². The van der Waals surface area contributed by atoms with Gasteiger partial charge in [0.25, 0.3) is 0 Å². The standard InChI is InChI=1S/C16H11Cl2N5O/c17-13-4-2-1-3-11(13)5-8-16(24)20-15-9-12(6-7-14(15)18)23-10-19-21-22-23/h1-10H,(H,20,24). The number of hydrogen-bond acceptors (Lipinski definition) is 4. The van der Waals surface area contributed by atoms with Gasteiger partial charge in [0.1, 0.15) is 6.33 Å². The minimum absolute atomic E-state index is 0.328. The van der Waals surface area contributed by atoms with Gasteiger partial charge in [-0.3, -0.25) is 4.79 Å². The van der Waals surface area contributed by atoms with E-state index in [4.69, 9.17) is 23.2 Å². The molecule has 8 heteroatoms. The summed E-state index contributed by atoms with van der Waals surface area (Å²) in [6.45, 7) is 0. The Morgan fingerprint density at radius 1 is 1.12 bits per heavy atom. The fourth-order valence-corrected chi connectivity index (χ4v) is 2.34. The molecule has 24 heavy (non-hydrogen) atoms. The van der Waals surface area contributed by atoms with Crippen LogP contribution in [0.1, 0.15) is 5.56 Å². The average molecular weight is 360 g/mol. The van der Waals surface area contributed by atoms with Gasteiger partial charge in [-0.1, -0.05) is 41.4 Å². The van der Waals surface area contributed by atoms with E-state index in [2.05, 4.69) is 20.8 Å². The largest absolute Gasteiger partial charge is 0.321 e. The summed E-state index contributed by atoms with van der Waals surface area (Å²) in [5, 5.41) is 14.6. The molecule has 0 aliphatic heterocycles. The summed E-state index contributed by atoms with van der Waals surface area (Å²) in [6, 6.07) is 12.3. The molecule has 6 nitrogen and oxygen atoms in total. The fourth-order valence-electron chi connectivity index (χ4n) is 1.98. The van der Waals surface area contributed by atoms with Crippen LogP contribution >= 0.6 is 23.2 Å². The molecule has 0 bridgehead atoms. The third kappa shape index (κ3) is 3.79. The molecule has 1 aromatic heterocycles. The monoisotopic (exact) mass is 359 g/mol. The summed E-state index contributed by atoms with van der Waals surface area (Å²) in [4.78, 5) is 12.1. The zero-order valence-corrected chi connectivity index (χ0v) is 13.7. The van der Waals surface area contributed by atoms with Crippen LogP contribution in [0, 0.1) is 0 Å². The molecule has 0 radical (unpaired) electrons.